The number of nitrogens with zero attached hydrogens (tertiary/aromatic N) is 2. The molecule has 2 bridgehead atoms. The molecule has 2 saturated heterocycles. The summed E-state index contributed by atoms with van der Waals surface area (Å²) < 4.78 is 21.0. The molecule has 2 unspecified atom stereocenters. The SMILES string of the molecule is O=C(OCC1c2ccccc2-c2ccccc21)N1C2CCC1CC(O)(c1cc3cccnc3cc1F)C2. The minimum Gasteiger partial charge on any atom is -0.448 e. The Labute approximate surface area is 214 Å². The van der Waals surface area contributed by atoms with Gasteiger partial charge in [-0.3, -0.25) is 4.98 Å². The summed E-state index contributed by atoms with van der Waals surface area (Å²) in [5, 5.41) is 12.4. The topological polar surface area (TPSA) is 62.7 Å². The fraction of sp³-hybridized carbons (Fsp3) is 0.290. The van der Waals surface area contributed by atoms with Gasteiger partial charge in [0.2, 0.25) is 0 Å². The van der Waals surface area contributed by atoms with E-state index in [-0.39, 0.29) is 49.1 Å². The number of aromatic nitrogens is 1. The predicted molar refractivity (Wildman–Crippen MR) is 139 cm³/mol. The number of hydrogen-bond acceptors (Lipinski definition) is 4. The smallest absolute Gasteiger partial charge is 0.410 e. The van der Waals surface area contributed by atoms with E-state index in [1.807, 2.05) is 30.3 Å². The molecule has 0 saturated carbocycles. The maximum absolute atomic E-state index is 15.1. The van der Waals surface area contributed by atoms with Crippen LogP contribution in [0.3, 0.4) is 0 Å². The van der Waals surface area contributed by atoms with Crippen LogP contribution in [0.15, 0.2) is 79.0 Å². The van der Waals surface area contributed by atoms with E-state index >= 15 is 4.39 Å². The van der Waals surface area contributed by atoms with Gasteiger partial charge >= 0.3 is 6.09 Å². The maximum Gasteiger partial charge on any atom is 0.410 e. The average molecular weight is 495 g/mol. The van der Waals surface area contributed by atoms with E-state index in [4.69, 9.17) is 4.74 Å². The molecule has 3 aromatic carbocycles. The summed E-state index contributed by atoms with van der Waals surface area (Å²) in [6.45, 7) is 0.263. The number of benzene rings is 3. The molecule has 6 heteroatoms. The number of amides is 1. The molecule has 3 heterocycles. The molecular formula is C31H27FN2O3. The standard InChI is InChI=1S/C31H27FN2O3/c32-28-15-29-19(6-5-13-33-29)14-27(28)31(36)16-20-11-12-21(17-31)34(20)30(35)37-18-26-24-9-3-1-7-22(24)23-8-2-4-10-25(23)26/h1-10,13-15,20-21,26,36H,11-12,16-18H2. The molecule has 4 aromatic rings. The van der Waals surface area contributed by atoms with Gasteiger partial charge in [0.05, 0.1) is 11.1 Å². The van der Waals surface area contributed by atoms with E-state index in [0.717, 1.165) is 18.2 Å². The van der Waals surface area contributed by atoms with Gasteiger partial charge in [-0.2, -0.15) is 0 Å². The Morgan fingerprint density at radius 1 is 0.973 bits per heavy atom. The van der Waals surface area contributed by atoms with Gasteiger partial charge in [0.15, 0.2) is 0 Å². The first-order chi connectivity index (χ1) is 18.0. The zero-order chi connectivity index (χ0) is 25.1. The fourth-order valence-corrected chi connectivity index (χ4v) is 6.86. The Morgan fingerprint density at radius 2 is 1.62 bits per heavy atom. The Bertz CT molecular complexity index is 1480. The Hall–Kier alpha value is -3.77. The van der Waals surface area contributed by atoms with Crippen molar-refractivity contribution in [1.82, 2.24) is 9.88 Å². The molecule has 3 aliphatic rings. The number of piperidine rings is 1. The van der Waals surface area contributed by atoms with Crippen molar-refractivity contribution in [2.45, 2.75) is 49.3 Å². The van der Waals surface area contributed by atoms with Crippen LogP contribution in [0.25, 0.3) is 22.0 Å². The van der Waals surface area contributed by atoms with Crippen LogP contribution in [-0.4, -0.2) is 39.8 Å². The lowest BCUT2D eigenvalue weighted by Crippen LogP contribution is -2.52. The van der Waals surface area contributed by atoms with Crippen LogP contribution < -0.4 is 0 Å². The first-order valence-electron chi connectivity index (χ1n) is 12.9. The molecule has 5 nitrogen and oxygen atoms in total. The van der Waals surface area contributed by atoms with E-state index in [0.29, 0.717) is 5.52 Å². The highest BCUT2D eigenvalue weighted by atomic mass is 19.1. The molecule has 2 fully saturated rings. The zero-order valence-electron chi connectivity index (χ0n) is 20.3. The number of ether oxygens (including phenoxy) is 1. The van der Waals surface area contributed by atoms with Crippen molar-refractivity contribution in [3.05, 3.63) is 102 Å². The second-order valence-electron chi connectivity index (χ2n) is 10.6. The van der Waals surface area contributed by atoms with Gasteiger partial charge in [-0.05, 0) is 47.2 Å². The van der Waals surface area contributed by atoms with Crippen LogP contribution in [0.1, 0.15) is 48.3 Å². The normalized spacial score (nSPS) is 24.2. The molecule has 2 aliphatic heterocycles. The highest BCUT2D eigenvalue weighted by molar-refractivity contribution is 5.80. The van der Waals surface area contributed by atoms with E-state index in [9.17, 15) is 9.90 Å². The number of rotatable bonds is 3. The van der Waals surface area contributed by atoms with E-state index in [1.165, 1.54) is 28.3 Å². The van der Waals surface area contributed by atoms with Crippen LogP contribution >= 0.6 is 0 Å². The molecule has 1 N–H and O–H groups in total. The number of hydrogen-bond donors (Lipinski definition) is 1. The number of fused-ring (bicyclic) bond motifs is 6. The quantitative estimate of drug-likeness (QED) is 0.372. The molecule has 37 heavy (non-hydrogen) atoms. The Morgan fingerprint density at radius 3 is 2.30 bits per heavy atom. The molecular weight excluding hydrogens is 467 g/mol. The van der Waals surface area contributed by atoms with E-state index in [2.05, 4.69) is 29.2 Å². The van der Waals surface area contributed by atoms with Crippen molar-refractivity contribution >= 4 is 17.0 Å². The summed E-state index contributed by atoms with van der Waals surface area (Å²) in [7, 11) is 0. The third-order valence-electron chi connectivity index (χ3n) is 8.51. The number of halogens is 1. The summed E-state index contributed by atoms with van der Waals surface area (Å²) in [4.78, 5) is 19.4. The van der Waals surface area contributed by atoms with Crippen molar-refractivity contribution in [2.24, 2.45) is 0 Å². The first kappa shape index (κ1) is 22.4. The average Bonchev–Trinajstić information content (AvgIpc) is 3.39. The van der Waals surface area contributed by atoms with Crippen LogP contribution in [0.5, 0.6) is 0 Å². The molecule has 7 rings (SSSR count). The summed E-state index contributed by atoms with van der Waals surface area (Å²) in [6.07, 6.45) is 3.40. The van der Waals surface area contributed by atoms with Gasteiger partial charge in [-0.15, -0.1) is 0 Å². The van der Waals surface area contributed by atoms with Crippen LogP contribution in [0.2, 0.25) is 0 Å². The summed E-state index contributed by atoms with van der Waals surface area (Å²) >= 11 is 0. The molecule has 1 aromatic heterocycles. The van der Waals surface area contributed by atoms with Gasteiger partial charge in [-0.1, -0.05) is 54.6 Å². The van der Waals surface area contributed by atoms with Crippen LogP contribution in [0, 0.1) is 5.82 Å². The molecule has 1 aliphatic carbocycles. The number of aliphatic hydroxyl groups is 1. The number of carbonyl (C=O) groups excluding carboxylic acids is 1. The monoisotopic (exact) mass is 494 g/mol. The number of pyridine rings is 1. The fourth-order valence-electron chi connectivity index (χ4n) is 6.86. The minimum absolute atomic E-state index is 0.00367. The molecule has 0 spiro atoms. The van der Waals surface area contributed by atoms with Gasteiger partial charge in [0.1, 0.15) is 12.4 Å². The molecule has 1 amide bonds. The lowest BCUT2D eigenvalue weighted by Gasteiger charge is -2.43. The third-order valence-corrected chi connectivity index (χ3v) is 8.51. The largest absolute Gasteiger partial charge is 0.448 e. The lowest BCUT2D eigenvalue weighted by atomic mass is 9.80. The van der Waals surface area contributed by atoms with Crippen molar-refractivity contribution < 1.29 is 19.0 Å². The van der Waals surface area contributed by atoms with Crippen molar-refractivity contribution in [3.8, 4) is 11.1 Å². The molecule has 0 radical (unpaired) electrons. The van der Waals surface area contributed by atoms with E-state index in [1.54, 1.807) is 23.2 Å². The number of carbonyl (C=O) groups is 1. The van der Waals surface area contributed by atoms with Gasteiger partial charge < -0.3 is 14.7 Å². The minimum atomic E-state index is -1.33. The zero-order valence-corrected chi connectivity index (χ0v) is 20.3. The van der Waals surface area contributed by atoms with E-state index < -0.39 is 11.4 Å². The van der Waals surface area contributed by atoms with Crippen LogP contribution in [-0.2, 0) is 10.3 Å². The molecule has 186 valence electrons. The highest BCUT2D eigenvalue weighted by Gasteiger charge is 2.51. The molecule has 2 atom stereocenters. The van der Waals surface area contributed by atoms with Gasteiger partial charge in [0, 0.05) is 54.1 Å². The summed E-state index contributed by atoms with van der Waals surface area (Å²) in [5.41, 5.74) is 4.25. The first-order valence-corrected chi connectivity index (χ1v) is 12.9. The lowest BCUT2D eigenvalue weighted by molar-refractivity contribution is -0.0550. The second-order valence-corrected chi connectivity index (χ2v) is 10.6. The Balaban J connectivity index is 1.11. The predicted octanol–water partition coefficient (Wildman–Crippen LogP) is 6.14. The Kier molecular flexibility index (Phi) is 5.08. The van der Waals surface area contributed by atoms with Gasteiger partial charge in [0.25, 0.3) is 0 Å². The third kappa shape index (κ3) is 3.54. The van der Waals surface area contributed by atoms with Crippen LogP contribution in [0.4, 0.5) is 9.18 Å². The van der Waals surface area contributed by atoms with Crippen molar-refractivity contribution in [3.63, 3.8) is 0 Å². The van der Waals surface area contributed by atoms with Crippen molar-refractivity contribution in [1.29, 1.82) is 0 Å². The van der Waals surface area contributed by atoms with Gasteiger partial charge in [-0.25, -0.2) is 9.18 Å². The summed E-state index contributed by atoms with van der Waals surface area (Å²) in [5.74, 6) is -0.460. The van der Waals surface area contributed by atoms with Crippen molar-refractivity contribution in [2.75, 3.05) is 6.61 Å². The highest BCUT2D eigenvalue weighted by Crippen LogP contribution is 2.48. The second kappa shape index (κ2) is 8.38. The summed E-state index contributed by atoms with van der Waals surface area (Å²) in [6, 6.07) is 22.9. The maximum atomic E-state index is 15.1.